The molecule has 0 aliphatic carbocycles. The van der Waals surface area contributed by atoms with Crippen LogP contribution in [0.1, 0.15) is 0 Å². The average Bonchev–Trinajstić information content (AvgIpc) is 2.87. The van der Waals surface area contributed by atoms with Crippen LogP contribution < -0.4 is 19.3 Å². The Hall–Kier alpha value is -3.29. The van der Waals surface area contributed by atoms with Gasteiger partial charge in [0.05, 0.1) is 22.8 Å². The van der Waals surface area contributed by atoms with Crippen molar-refractivity contribution in [3.8, 4) is 5.75 Å². The molecule has 0 atom stereocenters. The minimum absolute atomic E-state index is 0.220. The summed E-state index contributed by atoms with van der Waals surface area (Å²) < 4.78 is 66.6. The summed E-state index contributed by atoms with van der Waals surface area (Å²) >= 11 is 6.43. The minimum atomic E-state index is -5.08. The van der Waals surface area contributed by atoms with Crippen molar-refractivity contribution >= 4 is 49.7 Å². The van der Waals surface area contributed by atoms with E-state index in [1.54, 1.807) is 36.7 Å². The van der Waals surface area contributed by atoms with E-state index in [4.69, 9.17) is 26.2 Å². The number of rotatable bonds is 3. The lowest BCUT2D eigenvalue weighted by molar-refractivity contribution is -0.192. The number of carboxylic acid groups (broad SMARTS) is 1. The molecule has 0 radical (unpaired) electrons. The summed E-state index contributed by atoms with van der Waals surface area (Å²) in [6.07, 6.45) is -1.81. The first-order valence-corrected chi connectivity index (χ1v) is 12.9. The molecule has 2 aliphatic rings. The number of halogens is 4. The molecule has 2 aliphatic heterocycles. The second-order valence-electron chi connectivity index (χ2n) is 8.09. The lowest BCUT2D eigenvalue weighted by Gasteiger charge is -2.36. The van der Waals surface area contributed by atoms with Crippen LogP contribution in [0.4, 0.5) is 24.5 Å². The number of carbonyl (C=O) groups is 1. The largest absolute Gasteiger partial charge is 0.490 e. The van der Waals surface area contributed by atoms with E-state index >= 15 is 0 Å². The number of aromatic nitrogens is 1. The number of anilines is 2. The van der Waals surface area contributed by atoms with Gasteiger partial charge in [-0.15, -0.1) is 0 Å². The van der Waals surface area contributed by atoms with Gasteiger partial charge in [0.2, 0.25) is 0 Å². The van der Waals surface area contributed by atoms with Gasteiger partial charge in [-0.2, -0.15) is 13.2 Å². The first-order valence-electron chi connectivity index (χ1n) is 11.1. The van der Waals surface area contributed by atoms with Gasteiger partial charge in [-0.1, -0.05) is 23.7 Å². The van der Waals surface area contributed by atoms with Crippen molar-refractivity contribution in [3.05, 3.63) is 53.8 Å². The van der Waals surface area contributed by atoms with Crippen LogP contribution in [0, 0.1) is 0 Å². The van der Waals surface area contributed by atoms with Gasteiger partial charge >= 0.3 is 12.1 Å². The molecule has 5 rings (SSSR count). The van der Waals surface area contributed by atoms with E-state index in [0.29, 0.717) is 21.8 Å². The monoisotopic (exact) mass is 558 g/mol. The van der Waals surface area contributed by atoms with Crippen molar-refractivity contribution < 1.29 is 36.2 Å². The predicted molar refractivity (Wildman–Crippen MR) is 132 cm³/mol. The first kappa shape index (κ1) is 26.8. The molecule has 14 heteroatoms. The van der Waals surface area contributed by atoms with Gasteiger partial charge < -0.3 is 20.1 Å². The molecular formula is C23H22ClF3N4O5S. The van der Waals surface area contributed by atoms with Crippen LogP contribution in [0.15, 0.2) is 53.7 Å². The Morgan fingerprint density at radius 3 is 2.46 bits per heavy atom. The van der Waals surface area contributed by atoms with E-state index in [-0.39, 0.29) is 18.0 Å². The minimum Gasteiger partial charge on any atom is -0.487 e. The van der Waals surface area contributed by atoms with E-state index in [9.17, 15) is 21.6 Å². The Bertz CT molecular complexity index is 1410. The summed E-state index contributed by atoms with van der Waals surface area (Å²) in [6, 6.07) is 10.5. The van der Waals surface area contributed by atoms with Crippen LogP contribution in [-0.2, 0) is 14.8 Å². The second kappa shape index (κ2) is 10.6. The van der Waals surface area contributed by atoms with Crippen LogP contribution >= 0.6 is 11.6 Å². The predicted octanol–water partition coefficient (Wildman–Crippen LogP) is 3.52. The number of piperazine rings is 1. The lowest BCUT2D eigenvalue weighted by atomic mass is 10.2. The SMILES string of the molecule is O=C(O)C(F)(F)F.O=S(=O)(c1cccc2cnccc12)N1CCOc2c(N3CCNCC3)cc(Cl)cc21. The van der Waals surface area contributed by atoms with E-state index in [0.717, 1.165) is 37.3 Å². The van der Waals surface area contributed by atoms with E-state index in [1.165, 1.54) is 4.31 Å². The molecule has 0 saturated carbocycles. The Labute approximate surface area is 215 Å². The van der Waals surface area contributed by atoms with Gasteiger partial charge in [0.25, 0.3) is 10.0 Å². The first-order chi connectivity index (χ1) is 17.5. The van der Waals surface area contributed by atoms with Crippen LogP contribution in [0.2, 0.25) is 5.02 Å². The number of hydrogen-bond donors (Lipinski definition) is 2. The molecule has 1 aromatic heterocycles. The Morgan fingerprint density at radius 1 is 1.11 bits per heavy atom. The number of carboxylic acids is 1. The van der Waals surface area contributed by atoms with Crippen molar-refractivity contribution in [2.45, 2.75) is 11.1 Å². The molecule has 0 amide bonds. The molecule has 3 aromatic rings. The van der Waals surface area contributed by atoms with Crippen LogP contribution in [0.3, 0.4) is 0 Å². The number of ether oxygens (including phenoxy) is 1. The van der Waals surface area contributed by atoms with Crippen LogP contribution in [-0.4, -0.2) is 70.0 Å². The summed E-state index contributed by atoms with van der Waals surface area (Å²) in [5.74, 6) is -2.19. The van der Waals surface area contributed by atoms with Gasteiger partial charge in [0, 0.05) is 54.4 Å². The van der Waals surface area contributed by atoms with Crippen molar-refractivity contribution in [2.75, 3.05) is 48.5 Å². The number of aliphatic carboxylic acids is 1. The zero-order valence-corrected chi connectivity index (χ0v) is 20.8. The summed E-state index contributed by atoms with van der Waals surface area (Å²) in [4.78, 5) is 15.4. The van der Waals surface area contributed by atoms with Crippen molar-refractivity contribution in [2.24, 2.45) is 0 Å². The summed E-state index contributed by atoms with van der Waals surface area (Å²) in [7, 11) is -3.83. The molecular weight excluding hydrogens is 537 g/mol. The fourth-order valence-corrected chi connectivity index (χ4v) is 5.94. The Kier molecular flexibility index (Phi) is 7.67. The quantitative estimate of drug-likeness (QED) is 0.502. The standard InChI is InChI=1S/C21H21ClN4O3S.C2HF3O2/c22-16-12-18(25-8-6-23-7-9-25)21-19(13-16)26(10-11-29-21)30(27,28)20-3-1-2-15-14-24-5-4-17(15)20;3-2(4,5)1(6)7/h1-5,12-14,23H,6-11H2;(H,6,7). The van der Waals surface area contributed by atoms with Crippen LogP contribution in [0.25, 0.3) is 10.8 Å². The molecule has 2 aromatic carbocycles. The third-order valence-corrected chi connectivity index (χ3v) is 7.82. The molecule has 198 valence electrons. The number of sulfonamides is 1. The lowest BCUT2D eigenvalue weighted by Crippen LogP contribution is -2.44. The van der Waals surface area contributed by atoms with Crippen molar-refractivity contribution in [3.63, 3.8) is 0 Å². The highest BCUT2D eigenvalue weighted by Gasteiger charge is 2.38. The van der Waals surface area contributed by atoms with Crippen molar-refractivity contribution in [1.82, 2.24) is 10.3 Å². The van der Waals surface area contributed by atoms with E-state index < -0.39 is 22.2 Å². The maximum Gasteiger partial charge on any atom is 0.490 e. The molecule has 0 bridgehead atoms. The van der Waals surface area contributed by atoms with Gasteiger partial charge in [0.1, 0.15) is 6.61 Å². The highest BCUT2D eigenvalue weighted by molar-refractivity contribution is 7.93. The topological polar surface area (TPSA) is 112 Å². The van der Waals surface area contributed by atoms with Gasteiger partial charge in [-0.05, 0) is 24.3 Å². The zero-order chi connectivity index (χ0) is 26.8. The van der Waals surface area contributed by atoms with Gasteiger partial charge in [-0.3, -0.25) is 9.29 Å². The maximum absolute atomic E-state index is 13.7. The summed E-state index contributed by atoms with van der Waals surface area (Å²) in [5, 5.41) is 12.4. The van der Waals surface area contributed by atoms with Gasteiger partial charge in [-0.25, -0.2) is 13.2 Å². The number of nitrogens with one attached hydrogen (secondary N) is 1. The molecule has 0 unspecified atom stereocenters. The molecule has 1 fully saturated rings. The maximum atomic E-state index is 13.7. The molecule has 9 nitrogen and oxygen atoms in total. The highest BCUT2D eigenvalue weighted by atomic mass is 35.5. The van der Waals surface area contributed by atoms with E-state index in [1.807, 2.05) is 12.1 Å². The summed E-state index contributed by atoms with van der Waals surface area (Å²) in [5.41, 5.74) is 1.31. The van der Waals surface area contributed by atoms with Crippen LogP contribution in [0.5, 0.6) is 5.75 Å². The number of nitrogens with zero attached hydrogens (tertiary/aromatic N) is 3. The Balaban J connectivity index is 0.000000405. The highest BCUT2D eigenvalue weighted by Crippen LogP contribution is 2.45. The average molecular weight is 559 g/mol. The number of alkyl halides is 3. The third-order valence-electron chi connectivity index (χ3n) is 5.73. The third kappa shape index (κ3) is 5.68. The molecule has 2 N–H and O–H groups in total. The second-order valence-corrected chi connectivity index (χ2v) is 10.4. The number of pyridine rings is 1. The molecule has 1 saturated heterocycles. The fraction of sp³-hybridized carbons (Fsp3) is 0.304. The molecule has 3 heterocycles. The zero-order valence-electron chi connectivity index (χ0n) is 19.2. The van der Waals surface area contributed by atoms with E-state index in [2.05, 4.69) is 15.2 Å². The molecule has 37 heavy (non-hydrogen) atoms. The number of fused-ring (bicyclic) bond motifs is 2. The number of hydrogen-bond acceptors (Lipinski definition) is 7. The normalized spacial score (nSPS) is 15.9. The van der Waals surface area contributed by atoms with Crippen molar-refractivity contribution in [1.29, 1.82) is 0 Å². The molecule has 0 spiro atoms. The smallest absolute Gasteiger partial charge is 0.487 e. The number of benzene rings is 2. The summed E-state index contributed by atoms with van der Waals surface area (Å²) in [6.45, 7) is 3.82. The Morgan fingerprint density at radius 2 is 1.78 bits per heavy atom. The fourth-order valence-electron chi connectivity index (χ4n) is 4.08. The van der Waals surface area contributed by atoms with Gasteiger partial charge in [0.15, 0.2) is 5.75 Å².